The number of fused-ring (bicyclic) bond motifs is 1. The zero-order valence-corrected chi connectivity index (χ0v) is 12.0. The maximum Gasteiger partial charge on any atom is 0.231 e. The largest absolute Gasteiger partial charge is 0.493 e. The Morgan fingerprint density at radius 1 is 1.30 bits per heavy atom. The van der Waals surface area contributed by atoms with Crippen molar-refractivity contribution in [1.29, 1.82) is 0 Å². The summed E-state index contributed by atoms with van der Waals surface area (Å²) in [6.45, 7) is 2.98. The Bertz CT molecular complexity index is 477. The van der Waals surface area contributed by atoms with Gasteiger partial charge < -0.3 is 24.3 Å². The van der Waals surface area contributed by atoms with E-state index in [0.717, 1.165) is 36.9 Å². The van der Waals surface area contributed by atoms with Crippen molar-refractivity contribution in [2.24, 2.45) is 5.92 Å². The molecule has 2 atom stereocenters. The average Bonchev–Trinajstić information content (AvgIpc) is 3.09. The Labute approximate surface area is 119 Å². The van der Waals surface area contributed by atoms with Crippen molar-refractivity contribution in [3.63, 3.8) is 0 Å². The van der Waals surface area contributed by atoms with Crippen molar-refractivity contribution in [1.82, 2.24) is 5.32 Å². The maximum absolute atomic E-state index is 5.47. The van der Waals surface area contributed by atoms with Gasteiger partial charge in [0, 0.05) is 13.7 Å². The SMILES string of the molecule is COCCNCC1CC1c1cc(OC)c2c(c1)OCO2. The van der Waals surface area contributed by atoms with E-state index in [9.17, 15) is 0 Å². The van der Waals surface area contributed by atoms with Gasteiger partial charge in [-0.3, -0.25) is 0 Å². The standard InChI is InChI=1S/C15H21NO4/c1-17-4-3-16-8-11-5-12(11)10-6-13(18-2)15-14(7-10)19-9-20-15/h6-7,11-12,16H,3-5,8-9H2,1-2H3. The molecule has 0 bridgehead atoms. The second kappa shape index (κ2) is 5.89. The molecule has 1 aromatic rings. The summed E-state index contributed by atoms with van der Waals surface area (Å²) in [5, 5.41) is 3.42. The van der Waals surface area contributed by atoms with Crippen LogP contribution in [0.5, 0.6) is 17.2 Å². The molecule has 1 saturated carbocycles. The first kappa shape index (κ1) is 13.5. The molecule has 1 aliphatic heterocycles. The van der Waals surface area contributed by atoms with Gasteiger partial charge in [-0.25, -0.2) is 0 Å². The zero-order valence-electron chi connectivity index (χ0n) is 12.0. The molecular formula is C15H21NO4. The van der Waals surface area contributed by atoms with Crippen molar-refractivity contribution in [2.75, 3.05) is 40.7 Å². The van der Waals surface area contributed by atoms with Crippen LogP contribution >= 0.6 is 0 Å². The van der Waals surface area contributed by atoms with E-state index in [1.165, 1.54) is 12.0 Å². The fourth-order valence-electron chi connectivity index (χ4n) is 2.71. The Hall–Kier alpha value is -1.46. The summed E-state index contributed by atoms with van der Waals surface area (Å²) < 4.78 is 21.3. The Kier molecular flexibility index (Phi) is 3.98. The van der Waals surface area contributed by atoms with Gasteiger partial charge in [0.1, 0.15) is 0 Å². The third kappa shape index (κ3) is 2.69. The first-order chi connectivity index (χ1) is 9.83. The summed E-state index contributed by atoms with van der Waals surface area (Å²) in [5.41, 5.74) is 1.28. The van der Waals surface area contributed by atoms with Crippen LogP contribution in [0.4, 0.5) is 0 Å². The number of ether oxygens (including phenoxy) is 4. The fourth-order valence-corrected chi connectivity index (χ4v) is 2.71. The molecule has 110 valence electrons. The summed E-state index contributed by atoms with van der Waals surface area (Å²) in [6.07, 6.45) is 1.21. The van der Waals surface area contributed by atoms with Gasteiger partial charge in [-0.15, -0.1) is 0 Å². The number of rotatable bonds is 7. The molecule has 2 unspecified atom stereocenters. The van der Waals surface area contributed by atoms with E-state index < -0.39 is 0 Å². The van der Waals surface area contributed by atoms with E-state index in [1.807, 2.05) is 0 Å². The van der Waals surface area contributed by atoms with Crippen molar-refractivity contribution < 1.29 is 18.9 Å². The lowest BCUT2D eigenvalue weighted by Crippen LogP contribution is -2.21. The second-order valence-electron chi connectivity index (χ2n) is 5.26. The summed E-state index contributed by atoms with van der Waals surface area (Å²) in [4.78, 5) is 0. The lowest BCUT2D eigenvalue weighted by Gasteiger charge is -2.08. The van der Waals surface area contributed by atoms with Crippen LogP contribution in [0.1, 0.15) is 17.9 Å². The fraction of sp³-hybridized carbons (Fsp3) is 0.600. The van der Waals surface area contributed by atoms with Crippen molar-refractivity contribution in [3.8, 4) is 17.2 Å². The minimum Gasteiger partial charge on any atom is -0.493 e. The molecule has 1 aromatic carbocycles. The molecule has 2 aliphatic rings. The van der Waals surface area contributed by atoms with Crippen LogP contribution in [0.15, 0.2) is 12.1 Å². The Balaban J connectivity index is 1.61. The van der Waals surface area contributed by atoms with Gasteiger partial charge in [0.25, 0.3) is 0 Å². The summed E-state index contributed by atoms with van der Waals surface area (Å²) in [7, 11) is 3.39. The number of benzene rings is 1. The monoisotopic (exact) mass is 279 g/mol. The van der Waals surface area contributed by atoms with Gasteiger partial charge >= 0.3 is 0 Å². The first-order valence-electron chi connectivity index (χ1n) is 7.00. The second-order valence-corrected chi connectivity index (χ2v) is 5.26. The first-order valence-corrected chi connectivity index (χ1v) is 7.00. The highest BCUT2D eigenvalue weighted by Gasteiger charge is 2.39. The average molecular weight is 279 g/mol. The Morgan fingerprint density at radius 3 is 3.00 bits per heavy atom. The van der Waals surface area contributed by atoms with Crippen LogP contribution in [0.3, 0.4) is 0 Å². The van der Waals surface area contributed by atoms with E-state index >= 15 is 0 Å². The van der Waals surface area contributed by atoms with E-state index in [-0.39, 0.29) is 6.79 Å². The predicted octanol–water partition coefficient (Wildman–Crippen LogP) is 1.76. The van der Waals surface area contributed by atoms with Crippen LogP contribution in [-0.2, 0) is 4.74 Å². The molecule has 1 N–H and O–H groups in total. The minimum absolute atomic E-state index is 0.280. The van der Waals surface area contributed by atoms with Crippen molar-refractivity contribution in [2.45, 2.75) is 12.3 Å². The molecule has 0 amide bonds. The third-order valence-corrected chi connectivity index (χ3v) is 3.92. The minimum atomic E-state index is 0.280. The molecule has 0 radical (unpaired) electrons. The number of hydrogen-bond acceptors (Lipinski definition) is 5. The van der Waals surface area contributed by atoms with Crippen LogP contribution in [0, 0.1) is 5.92 Å². The van der Waals surface area contributed by atoms with Crippen LogP contribution in [0.25, 0.3) is 0 Å². The van der Waals surface area contributed by atoms with Crippen LogP contribution < -0.4 is 19.5 Å². The van der Waals surface area contributed by atoms with E-state index in [2.05, 4.69) is 17.4 Å². The molecule has 5 nitrogen and oxygen atoms in total. The predicted molar refractivity (Wildman–Crippen MR) is 74.7 cm³/mol. The number of nitrogens with one attached hydrogen (secondary N) is 1. The highest BCUT2D eigenvalue weighted by atomic mass is 16.7. The van der Waals surface area contributed by atoms with Crippen LogP contribution in [-0.4, -0.2) is 40.7 Å². The summed E-state index contributed by atoms with van der Waals surface area (Å²) in [6, 6.07) is 4.16. The molecule has 1 fully saturated rings. The number of methoxy groups -OCH3 is 2. The van der Waals surface area contributed by atoms with Gasteiger partial charge in [-0.1, -0.05) is 0 Å². The highest BCUT2D eigenvalue weighted by Crippen LogP contribution is 2.51. The molecule has 0 aromatic heterocycles. The van der Waals surface area contributed by atoms with E-state index in [4.69, 9.17) is 18.9 Å². The van der Waals surface area contributed by atoms with Gasteiger partial charge in [-0.2, -0.15) is 0 Å². The molecule has 1 aliphatic carbocycles. The smallest absolute Gasteiger partial charge is 0.231 e. The quantitative estimate of drug-likeness (QED) is 0.771. The van der Waals surface area contributed by atoms with Crippen molar-refractivity contribution in [3.05, 3.63) is 17.7 Å². The van der Waals surface area contributed by atoms with Gasteiger partial charge in [0.15, 0.2) is 11.5 Å². The summed E-state index contributed by atoms with van der Waals surface area (Å²) in [5.74, 6) is 3.59. The van der Waals surface area contributed by atoms with E-state index in [0.29, 0.717) is 11.8 Å². The lowest BCUT2D eigenvalue weighted by molar-refractivity contribution is 0.171. The van der Waals surface area contributed by atoms with Gasteiger partial charge in [0.2, 0.25) is 12.5 Å². The molecular weight excluding hydrogens is 258 g/mol. The molecule has 1 heterocycles. The zero-order chi connectivity index (χ0) is 13.9. The molecule has 5 heteroatoms. The highest BCUT2D eigenvalue weighted by molar-refractivity contribution is 5.56. The lowest BCUT2D eigenvalue weighted by atomic mass is 10.1. The molecule has 0 spiro atoms. The molecule has 0 saturated heterocycles. The van der Waals surface area contributed by atoms with Crippen molar-refractivity contribution >= 4 is 0 Å². The molecule has 3 rings (SSSR count). The van der Waals surface area contributed by atoms with E-state index in [1.54, 1.807) is 14.2 Å². The molecule has 20 heavy (non-hydrogen) atoms. The third-order valence-electron chi connectivity index (χ3n) is 3.92. The normalized spacial score (nSPS) is 22.9. The Morgan fingerprint density at radius 2 is 2.20 bits per heavy atom. The topological polar surface area (TPSA) is 49.0 Å². The van der Waals surface area contributed by atoms with Gasteiger partial charge in [0.05, 0.1) is 13.7 Å². The van der Waals surface area contributed by atoms with Crippen LogP contribution in [0.2, 0.25) is 0 Å². The number of hydrogen-bond donors (Lipinski definition) is 1. The van der Waals surface area contributed by atoms with Gasteiger partial charge in [-0.05, 0) is 42.5 Å². The summed E-state index contributed by atoms with van der Waals surface area (Å²) >= 11 is 0. The maximum atomic E-state index is 5.47.